The van der Waals surface area contributed by atoms with Gasteiger partial charge in [-0.2, -0.15) is 13.2 Å². The summed E-state index contributed by atoms with van der Waals surface area (Å²) in [6, 6.07) is 5.96. The summed E-state index contributed by atoms with van der Waals surface area (Å²) in [7, 11) is 0. The monoisotopic (exact) mass is 536 g/mol. The predicted molar refractivity (Wildman–Crippen MR) is 137 cm³/mol. The molecule has 1 amide bonds. The van der Waals surface area contributed by atoms with Gasteiger partial charge in [0, 0.05) is 36.4 Å². The highest BCUT2D eigenvalue weighted by atomic mass is 32.1. The van der Waals surface area contributed by atoms with Crippen molar-refractivity contribution in [3.63, 3.8) is 0 Å². The van der Waals surface area contributed by atoms with E-state index in [-0.39, 0.29) is 19.1 Å². The lowest BCUT2D eigenvalue weighted by Gasteiger charge is -2.27. The molecule has 1 saturated carbocycles. The molecule has 0 N–H and O–H groups in total. The Balaban J connectivity index is 1.32. The Kier molecular flexibility index (Phi) is 8.31. The second kappa shape index (κ2) is 11.1. The van der Waals surface area contributed by atoms with E-state index in [1.54, 1.807) is 11.3 Å². The molecule has 0 unspecified atom stereocenters. The molecule has 1 aliphatic carbocycles. The fourth-order valence-electron chi connectivity index (χ4n) is 5.29. The van der Waals surface area contributed by atoms with Gasteiger partial charge in [-0.3, -0.25) is 9.59 Å². The zero-order valence-electron chi connectivity index (χ0n) is 21.7. The van der Waals surface area contributed by atoms with E-state index in [0.717, 1.165) is 64.4 Å². The maximum absolute atomic E-state index is 12.9. The van der Waals surface area contributed by atoms with Crippen LogP contribution in [0.3, 0.4) is 0 Å². The van der Waals surface area contributed by atoms with Gasteiger partial charge in [0.05, 0.1) is 10.7 Å². The molecule has 202 valence electrons. The van der Waals surface area contributed by atoms with E-state index in [1.807, 2.05) is 39.0 Å². The number of alkyl halides is 3. The van der Waals surface area contributed by atoms with E-state index in [0.29, 0.717) is 31.1 Å². The Morgan fingerprint density at radius 1 is 1.05 bits per heavy atom. The Morgan fingerprint density at radius 2 is 1.73 bits per heavy atom. The number of ether oxygens (including phenoxy) is 1. The lowest BCUT2D eigenvalue weighted by atomic mass is 9.80. The van der Waals surface area contributed by atoms with Crippen LogP contribution in [0.2, 0.25) is 0 Å². The first-order valence-electron chi connectivity index (χ1n) is 13.0. The highest BCUT2D eigenvalue weighted by Crippen LogP contribution is 2.40. The first kappa shape index (κ1) is 27.6. The van der Waals surface area contributed by atoms with Crippen molar-refractivity contribution in [2.75, 3.05) is 13.1 Å². The number of esters is 1. The van der Waals surface area contributed by atoms with Crippen LogP contribution in [0.1, 0.15) is 81.3 Å². The van der Waals surface area contributed by atoms with Crippen molar-refractivity contribution >= 4 is 23.2 Å². The second-order valence-corrected chi connectivity index (χ2v) is 12.1. The molecule has 1 aromatic carbocycles. The maximum Gasteiger partial charge on any atom is 0.471 e. The standard InChI is InChI=1S/C28H35F3N2O3S/c1-27(2,3)36-24(34)11-6-18-4-7-20(8-5-18)25-32-23(17-37-25)22-10-9-19-12-14-33(15-13-21(19)16-22)26(35)28(29,30)31/h9-10,16-18,20H,4-8,11-15H2,1-3H3/t18-,20-. The molecule has 0 spiro atoms. The lowest BCUT2D eigenvalue weighted by Crippen LogP contribution is -2.42. The number of benzene rings is 1. The van der Waals surface area contributed by atoms with Gasteiger partial charge < -0.3 is 9.64 Å². The molecule has 1 aliphatic heterocycles. The Hall–Kier alpha value is -2.42. The molecule has 1 aromatic heterocycles. The minimum atomic E-state index is -4.84. The highest BCUT2D eigenvalue weighted by molar-refractivity contribution is 7.10. The van der Waals surface area contributed by atoms with Crippen LogP contribution in [0.5, 0.6) is 0 Å². The first-order chi connectivity index (χ1) is 17.4. The van der Waals surface area contributed by atoms with E-state index in [4.69, 9.17) is 9.72 Å². The number of thiazole rings is 1. The van der Waals surface area contributed by atoms with E-state index < -0.39 is 17.7 Å². The zero-order valence-corrected chi connectivity index (χ0v) is 22.5. The van der Waals surface area contributed by atoms with Gasteiger partial charge in [0.1, 0.15) is 5.60 Å². The van der Waals surface area contributed by atoms with Crippen LogP contribution in [0.4, 0.5) is 13.2 Å². The van der Waals surface area contributed by atoms with Crippen LogP contribution in [0, 0.1) is 5.92 Å². The van der Waals surface area contributed by atoms with Crippen LogP contribution in [-0.2, 0) is 27.2 Å². The molecule has 5 nitrogen and oxygen atoms in total. The van der Waals surface area contributed by atoms with Crippen molar-refractivity contribution in [3.8, 4) is 11.3 Å². The van der Waals surface area contributed by atoms with Gasteiger partial charge in [-0.05, 0) is 88.8 Å². The third-order valence-electron chi connectivity index (χ3n) is 7.23. The highest BCUT2D eigenvalue weighted by Gasteiger charge is 2.42. The minimum absolute atomic E-state index is 0.0638. The molecule has 2 aliphatic rings. The van der Waals surface area contributed by atoms with Gasteiger partial charge in [-0.1, -0.05) is 12.1 Å². The summed E-state index contributed by atoms with van der Waals surface area (Å²) < 4.78 is 44.0. The molecule has 2 heterocycles. The van der Waals surface area contributed by atoms with E-state index in [9.17, 15) is 22.8 Å². The number of fused-ring (bicyclic) bond motifs is 1. The van der Waals surface area contributed by atoms with Crippen LogP contribution in [-0.4, -0.2) is 46.6 Å². The number of hydrogen-bond acceptors (Lipinski definition) is 5. The van der Waals surface area contributed by atoms with Gasteiger partial charge in [0.2, 0.25) is 0 Å². The van der Waals surface area contributed by atoms with Crippen LogP contribution in [0.15, 0.2) is 23.6 Å². The van der Waals surface area contributed by atoms with E-state index in [2.05, 4.69) is 5.38 Å². The van der Waals surface area contributed by atoms with Gasteiger partial charge in [-0.15, -0.1) is 11.3 Å². The Morgan fingerprint density at radius 3 is 2.38 bits per heavy atom. The summed E-state index contributed by atoms with van der Waals surface area (Å²) in [5.41, 5.74) is 3.38. The first-order valence-corrected chi connectivity index (χ1v) is 13.9. The average molecular weight is 537 g/mol. The SMILES string of the molecule is CC(C)(C)OC(=O)CC[C@H]1CC[C@H](c2nc(-c3ccc4c(c3)CCN(C(=O)C(F)(F)F)CC4)cs2)CC1. The largest absolute Gasteiger partial charge is 0.471 e. The predicted octanol–water partition coefficient (Wildman–Crippen LogP) is 6.70. The lowest BCUT2D eigenvalue weighted by molar-refractivity contribution is -0.185. The van der Waals surface area contributed by atoms with Gasteiger partial charge in [0.15, 0.2) is 0 Å². The third kappa shape index (κ3) is 7.33. The average Bonchev–Trinajstić information content (AvgIpc) is 3.22. The fraction of sp³-hybridized carbons (Fsp3) is 0.607. The van der Waals surface area contributed by atoms with Gasteiger partial charge >= 0.3 is 18.1 Å². The van der Waals surface area contributed by atoms with Crippen molar-refractivity contribution in [1.29, 1.82) is 0 Å². The fourth-order valence-corrected chi connectivity index (χ4v) is 6.29. The van der Waals surface area contributed by atoms with Gasteiger partial charge in [0.25, 0.3) is 0 Å². The molecule has 4 rings (SSSR count). The summed E-state index contributed by atoms with van der Waals surface area (Å²) in [6.45, 7) is 5.80. The maximum atomic E-state index is 12.9. The summed E-state index contributed by atoms with van der Waals surface area (Å²) in [5.74, 6) is -0.931. The molecular formula is C28H35F3N2O3S. The molecule has 0 radical (unpaired) electrons. The number of rotatable bonds is 5. The molecule has 0 saturated heterocycles. The molecular weight excluding hydrogens is 501 g/mol. The van der Waals surface area contributed by atoms with Gasteiger partial charge in [-0.25, -0.2) is 4.98 Å². The number of carbonyl (C=O) groups excluding carboxylic acids is 2. The van der Waals surface area contributed by atoms with E-state index >= 15 is 0 Å². The van der Waals surface area contributed by atoms with Crippen molar-refractivity contribution in [2.45, 2.75) is 89.8 Å². The summed E-state index contributed by atoms with van der Waals surface area (Å²) in [5, 5.41) is 3.18. The number of amides is 1. The zero-order chi connectivity index (χ0) is 26.8. The normalized spacial score (nSPS) is 20.8. The summed E-state index contributed by atoms with van der Waals surface area (Å²) >= 11 is 1.66. The number of carbonyl (C=O) groups is 2. The van der Waals surface area contributed by atoms with Crippen molar-refractivity contribution < 1.29 is 27.5 Å². The smallest absolute Gasteiger partial charge is 0.460 e. The topological polar surface area (TPSA) is 59.5 Å². The molecule has 0 atom stereocenters. The third-order valence-corrected chi connectivity index (χ3v) is 8.24. The van der Waals surface area contributed by atoms with Crippen LogP contribution in [0.25, 0.3) is 11.3 Å². The number of nitrogens with zero attached hydrogens (tertiary/aromatic N) is 2. The molecule has 0 bridgehead atoms. The molecule has 9 heteroatoms. The van der Waals surface area contributed by atoms with Crippen LogP contribution < -0.4 is 0 Å². The van der Waals surface area contributed by atoms with Crippen LogP contribution >= 0.6 is 11.3 Å². The molecule has 37 heavy (non-hydrogen) atoms. The summed E-state index contributed by atoms with van der Waals surface area (Å²) in [6.07, 6.45) is 1.57. The quantitative estimate of drug-likeness (QED) is 0.399. The Bertz CT molecular complexity index is 1110. The van der Waals surface area contributed by atoms with Crippen molar-refractivity contribution in [3.05, 3.63) is 39.7 Å². The number of aromatic nitrogens is 1. The molecule has 2 aromatic rings. The summed E-state index contributed by atoms with van der Waals surface area (Å²) in [4.78, 5) is 29.5. The number of hydrogen-bond donors (Lipinski definition) is 0. The minimum Gasteiger partial charge on any atom is -0.460 e. The van der Waals surface area contributed by atoms with Crippen molar-refractivity contribution in [2.24, 2.45) is 5.92 Å². The second-order valence-electron chi connectivity index (χ2n) is 11.2. The van der Waals surface area contributed by atoms with E-state index in [1.165, 1.54) is 0 Å². The molecule has 1 fully saturated rings. The number of halogens is 3. The van der Waals surface area contributed by atoms with Crippen molar-refractivity contribution in [1.82, 2.24) is 9.88 Å². The Labute approximate surface area is 220 Å².